The first kappa shape index (κ1) is 21.6. The van der Waals surface area contributed by atoms with E-state index in [1.807, 2.05) is 38.1 Å². The van der Waals surface area contributed by atoms with Crippen LogP contribution in [-0.2, 0) is 9.53 Å². The third kappa shape index (κ3) is 4.08. The zero-order chi connectivity index (χ0) is 22.7. The van der Waals surface area contributed by atoms with Gasteiger partial charge in [-0.05, 0) is 41.7 Å². The predicted octanol–water partition coefficient (Wildman–Crippen LogP) is 5.18. The van der Waals surface area contributed by atoms with Gasteiger partial charge in [0.05, 0.1) is 0 Å². The van der Waals surface area contributed by atoms with Crippen LogP contribution in [0.2, 0.25) is 0 Å². The van der Waals surface area contributed by atoms with Crippen LogP contribution in [0, 0.1) is 6.92 Å². The number of hydrogen-bond donors (Lipinski definition) is 1. The number of benzene rings is 2. The number of fused-ring (bicyclic) bond motifs is 3. The van der Waals surface area contributed by atoms with Crippen molar-refractivity contribution in [2.45, 2.75) is 32.2 Å². The molecule has 1 N–H and O–H groups in total. The maximum Gasteiger partial charge on any atom is 0.410 e. The average Bonchev–Trinajstić information content (AvgIpc) is 3.12. The Morgan fingerprint density at radius 3 is 2.19 bits per heavy atom. The van der Waals surface area contributed by atoms with Gasteiger partial charge in [-0.1, -0.05) is 61.5 Å². The molecule has 4 rings (SSSR count). The van der Waals surface area contributed by atoms with E-state index >= 15 is 0 Å². The van der Waals surface area contributed by atoms with Gasteiger partial charge in [0.1, 0.15) is 6.61 Å². The minimum atomic E-state index is -1.15. The molecule has 32 heavy (non-hydrogen) atoms. The lowest BCUT2D eigenvalue weighted by Crippen LogP contribution is -2.40. The van der Waals surface area contributed by atoms with E-state index in [0.717, 1.165) is 27.9 Å². The van der Waals surface area contributed by atoms with Crippen LogP contribution in [0.1, 0.15) is 47.7 Å². The second-order valence-electron chi connectivity index (χ2n) is 7.97. The molecule has 0 bridgehead atoms. The van der Waals surface area contributed by atoms with Crippen molar-refractivity contribution in [1.82, 2.24) is 9.88 Å². The number of carboxylic acid groups (broad SMARTS) is 1. The standard InChI is InChI=1S/C26H26N2O4/c1-3-14-28(24(25(29)30)18-13-12-17(2)27-15-18)26(31)32-16-23-21-10-6-4-8-19(21)20-9-5-7-11-22(20)23/h4-13,15,23-24H,3,14,16H2,1-2H3,(H,29,30). The van der Waals surface area contributed by atoms with E-state index in [-0.39, 0.29) is 19.1 Å². The summed E-state index contributed by atoms with van der Waals surface area (Å²) in [4.78, 5) is 30.7. The number of amides is 1. The van der Waals surface area contributed by atoms with Crippen LogP contribution in [-0.4, -0.2) is 40.2 Å². The molecule has 1 aromatic heterocycles. The predicted molar refractivity (Wildman–Crippen MR) is 121 cm³/mol. The van der Waals surface area contributed by atoms with E-state index in [1.165, 1.54) is 11.1 Å². The van der Waals surface area contributed by atoms with Gasteiger partial charge in [0.25, 0.3) is 0 Å². The number of aliphatic carboxylic acids is 1. The number of carbonyl (C=O) groups excluding carboxylic acids is 1. The summed E-state index contributed by atoms with van der Waals surface area (Å²) in [6.45, 7) is 4.14. The fourth-order valence-electron chi connectivity index (χ4n) is 4.34. The van der Waals surface area contributed by atoms with E-state index in [2.05, 4.69) is 29.2 Å². The van der Waals surface area contributed by atoms with Crippen LogP contribution in [0.4, 0.5) is 4.79 Å². The molecule has 1 heterocycles. The number of nitrogens with zero attached hydrogens (tertiary/aromatic N) is 2. The van der Waals surface area contributed by atoms with Crippen LogP contribution in [0.5, 0.6) is 0 Å². The SMILES string of the molecule is CCCN(C(=O)OCC1c2ccccc2-c2ccccc21)C(C(=O)O)c1ccc(C)nc1. The highest BCUT2D eigenvalue weighted by Gasteiger charge is 2.34. The molecule has 1 atom stereocenters. The summed E-state index contributed by atoms with van der Waals surface area (Å²) in [7, 11) is 0. The van der Waals surface area contributed by atoms with Crippen molar-refractivity contribution in [3.8, 4) is 11.1 Å². The molecule has 164 valence electrons. The number of carbonyl (C=O) groups is 2. The zero-order valence-electron chi connectivity index (χ0n) is 18.2. The summed E-state index contributed by atoms with van der Waals surface area (Å²) in [6.07, 6.45) is 1.47. The van der Waals surface area contributed by atoms with Crippen molar-refractivity contribution in [3.63, 3.8) is 0 Å². The molecule has 1 aliphatic carbocycles. The van der Waals surface area contributed by atoms with Gasteiger partial charge in [0.2, 0.25) is 0 Å². The fourth-order valence-corrected chi connectivity index (χ4v) is 4.34. The van der Waals surface area contributed by atoms with Crippen LogP contribution in [0.25, 0.3) is 11.1 Å². The minimum Gasteiger partial charge on any atom is -0.479 e. The highest BCUT2D eigenvalue weighted by molar-refractivity contribution is 5.82. The van der Waals surface area contributed by atoms with Crippen molar-refractivity contribution >= 4 is 12.1 Å². The normalized spacial score (nSPS) is 13.2. The van der Waals surface area contributed by atoms with Gasteiger partial charge in [-0.3, -0.25) is 9.88 Å². The van der Waals surface area contributed by atoms with E-state index in [4.69, 9.17) is 4.74 Å². The molecule has 0 saturated heterocycles. The first-order valence-corrected chi connectivity index (χ1v) is 10.8. The lowest BCUT2D eigenvalue weighted by Gasteiger charge is -2.28. The smallest absolute Gasteiger partial charge is 0.410 e. The number of aryl methyl sites for hydroxylation is 1. The minimum absolute atomic E-state index is 0.0841. The Kier molecular flexibility index (Phi) is 6.21. The van der Waals surface area contributed by atoms with Crippen LogP contribution >= 0.6 is 0 Å². The largest absolute Gasteiger partial charge is 0.479 e. The second kappa shape index (κ2) is 9.22. The molecule has 6 heteroatoms. The highest BCUT2D eigenvalue weighted by Crippen LogP contribution is 2.44. The topological polar surface area (TPSA) is 79.7 Å². The number of hydrogen-bond acceptors (Lipinski definition) is 4. The molecule has 1 aliphatic rings. The third-order valence-electron chi connectivity index (χ3n) is 5.83. The van der Waals surface area contributed by atoms with Crippen molar-refractivity contribution in [2.24, 2.45) is 0 Å². The van der Waals surface area contributed by atoms with Crippen molar-refractivity contribution in [2.75, 3.05) is 13.2 Å². The molecular weight excluding hydrogens is 404 g/mol. The van der Waals surface area contributed by atoms with Crippen molar-refractivity contribution in [3.05, 3.63) is 89.2 Å². The number of aromatic nitrogens is 1. The number of ether oxygens (including phenoxy) is 1. The first-order valence-electron chi connectivity index (χ1n) is 10.8. The maximum absolute atomic E-state index is 13.1. The Morgan fingerprint density at radius 1 is 1.03 bits per heavy atom. The first-order chi connectivity index (χ1) is 15.5. The van der Waals surface area contributed by atoms with Crippen molar-refractivity contribution in [1.29, 1.82) is 0 Å². The molecule has 0 fully saturated rings. The Balaban J connectivity index is 1.57. The molecule has 0 saturated carbocycles. The van der Waals surface area contributed by atoms with Gasteiger partial charge in [0.15, 0.2) is 6.04 Å². The molecule has 2 aromatic carbocycles. The quantitative estimate of drug-likeness (QED) is 0.559. The molecule has 6 nitrogen and oxygen atoms in total. The molecule has 3 aromatic rings. The molecule has 0 aliphatic heterocycles. The van der Waals surface area contributed by atoms with E-state index in [1.54, 1.807) is 12.1 Å². The summed E-state index contributed by atoms with van der Waals surface area (Å²) in [5.41, 5.74) is 5.74. The Hall–Kier alpha value is -3.67. The highest BCUT2D eigenvalue weighted by atomic mass is 16.6. The van der Waals surface area contributed by atoms with Gasteiger partial charge >= 0.3 is 12.1 Å². The summed E-state index contributed by atoms with van der Waals surface area (Å²) in [5, 5.41) is 9.90. The fraction of sp³-hybridized carbons (Fsp3) is 0.269. The van der Waals surface area contributed by atoms with Gasteiger partial charge < -0.3 is 9.84 Å². The monoisotopic (exact) mass is 430 g/mol. The Morgan fingerprint density at radius 2 is 1.66 bits per heavy atom. The summed E-state index contributed by atoms with van der Waals surface area (Å²) in [5.74, 6) is -1.20. The average molecular weight is 431 g/mol. The van der Waals surface area contributed by atoms with Gasteiger partial charge in [-0.15, -0.1) is 0 Å². The van der Waals surface area contributed by atoms with Crippen LogP contribution in [0.15, 0.2) is 66.9 Å². The zero-order valence-corrected chi connectivity index (χ0v) is 18.2. The summed E-state index contributed by atoms with van der Waals surface area (Å²) in [6, 6.07) is 18.5. The van der Waals surface area contributed by atoms with Gasteiger partial charge in [-0.25, -0.2) is 9.59 Å². The van der Waals surface area contributed by atoms with Gasteiger partial charge in [-0.2, -0.15) is 0 Å². The van der Waals surface area contributed by atoms with E-state index in [9.17, 15) is 14.7 Å². The molecule has 0 radical (unpaired) electrons. The molecular formula is C26H26N2O4. The number of carboxylic acids is 1. The molecule has 1 amide bonds. The van der Waals surface area contributed by atoms with E-state index < -0.39 is 18.1 Å². The van der Waals surface area contributed by atoms with Crippen LogP contribution < -0.4 is 0 Å². The van der Waals surface area contributed by atoms with Crippen LogP contribution in [0.3, 0.4) is 0 Å². The van der Waals surface area contributed by atoms with Crippen molar-refractivity contribution < 1.29 is 19.4 Å². The molecule has 0 spiro atoms. The third-order valence-corrected chi connectivity index (χ3v) is 5.83. The van der Waals surface area contributed by atoms with Gasteiger partial charge in [0, 0.05) is 29.9 Å². The Labute approximate surface area is 187 Å². The summed E-state index contributed by atoms with van der Waals surface area (Å²) < 4.78 is 5.73. The summed E-state index contributed by atoms with van der Waals surface area (Å²) >= 11 is 0. The van der Waals surface area contributed by atoms with E-state index in [0.29, 0.717) is 12.0 Å². The number of rotatable bonds is 7. The second-order valence-corrected chi connectivity index (χ2v) is 7.97. The molecule has 1 unspecified atom stereocenters. The number of pyridine rings is 1. The Bertz CT molecular complexity index is 1080. The lowest BCUT2D eigenvalue weighted by molar-refractivity contribution is -0.143. The lowest BCUT2D eigenvalue weighted by atomic mass is 9.98. The maximum atomic E-state index is 13.1.